The maximum Gasteiger partial charge on any atom is 0.296 e. The highest BCUT2D eigenvalue weighted by Gasteiger charge is 2.21. The van der Waals surface area contributed by atoms with Gasteiger partial charge >= 0.3 is 0 Å². The molecule has 0 saturated carbocycles. The van der Waals surface area contributed by atoms with Gasteiger partial charge in [0.25, 0.3) is 5.69 Å². The Kier molecular flexibility index (Phi) is 7.51. The fourth-order valence-corrected chi connectivity index (χ4v) is 2.58. The number of anilines is 1. The van der Waals surface area contributed by atoms with Gasteiger partial charge in [0, 0.05) is 23.4 Å². The summed E-state index contributed by atoms with van der Waals surface area (Å²) >= 11 is 8.87. The van der Waals surface area contributed by atoms with Crippen LogP contribution < -0.4 is 14.8 Å². The van der Waals surface area contributed by atoms with E-state index < -0.39 is 33.7 Å². The van der Waals surface area contributed by atoms with Crippen molar-refractivity contribution in [1.82, 2.24) is 4.72 Å². The minimum Gasteiger partial charge on any atom is -0.760 e. The molecule has 1 amide bonds. The highest BCUT2D eigenvalue weighted by molar-refractivity contribution is 7.77. The molecule has 0 heterocycles. The molecule has 0 spiro atoms. The Morgan fingerprint density at radius 2 is 1.96 bits per heavy atom. The number of amides is 1. The molecule has 0 fully saturated rings. The molecule has 1 unspecified atom stereocenters. The summed E-state index contributed by atoms with van der Waals surface area (Å²) < 4.78 is 29.4. The number of nitro groups is 1. The number of carbonyl (C=O) groups is 1. The zero-order valence-electron chi connectivity index (χ0n) is 13.4. The van der Waals surface area contributed by atoms with Gasteiger partial charge in [0.1, 0.15) is 23.1 Å². The number of nitrogens with one attached hydrogen (secondary N) is 2. The van der Waals surface area contributed by atoms with Crippen LogP contribution in [-0.4, -0.2) is 25.5 Å². The van der Waals surface area contributed by atoms with Gasteiger partial charge in [-0.3, -0.25) is 19.1 Å². The largest absolute Gasteiger partial charge is 0.760 e. The number of carbonyl (C=O) groups excluding carboxylic acids is 1. The molecule has 12 heteroatoms. The van der Waals surface area contributed by atoms with E-state index in [9.17, 15) is 23.7 Å². The van der Waals surface area contributed by atoms with E-state index in [2.05, 4.69) is 10.0 Å². The van der Waals surface area contributed by atoms with Crippen LogP contribution in [0.25, 0.3) is 0 Å². The Morgan fingerprint density at radius 3 is 2.56 bits per heavy atom. The molecule has 0 aromatic heterocycles. The standard InChI is InChI=1S/C15H13Cl2N3O6S/c16-7-15(21)19-11-5-9(8-18-27(24)25)14(6-12(11)20(22)23)26-13-4-2-1-3-10(13)17/h1-6,18H,7-8H2,(H,19,21)(H,24,25)/p-1. The molecule has 2 aromatic carbocycles. The molecule has 2 N–H and O–H groups in total. The van der Waals surface area contributed by atoms with Gasteiger partial charge in [0.2, 0.25) is 5.91 Å². The molecule has 2 aromatic rings. The number of ether oxygens (including phenoxy) is 1. The van der Waals surface area contributed by atoms with Crippen LogP contribution in [0, 0.1) is 10.1 Å². The van der Waals surface area contributed by atoms with E-state index in [1.54, 1.807) is 24.3 Å². The first-order valence-electron chi connectivity index (χ1n) is 7.24. The van der Waals surface area contributed by atoms with Crippen LogP contribution in [0.15, 0.2) is 36.4 Å². The number of hydrogen-bond donors (Lipinski definition) is 2. The summed E-state index contributed by atoms with van der Waals surface area (Å²) in [7, 11) is 0. The van der Waals surface area contributed by atoms with Gasteiger partial charge in [0.15, 0.2) is 0 Å². The van der Waals surface area contributed by atoms with Crippen molar-refractivity contribution in [2.45, 2.75) is 6.54 Å². The third-order valence-corrected chi connectivity index (χ3v) is 4.14. The summed E-state index contributed by atoms with van der Waals surface area (Å²) in [6.07, 6.45) is 0. The molecule has 27 heavy (non-hydrogen) atoms. The molecule has 9 nitrogen and oxygen atoms in total. The third kappa shape index (κ3) is 5.88. The lowest BCUT2D eigenvalue weighted by molar-refractivity contribution is -0.384. The van der Waals surface area contributed by atoms with Crippen LogP contribution in [0.1, 0.15) is 5.56 Å². The Hall–Kier alpha value is -2.24. The van der Waals surface area contributed by atoms with E-state index in [0.29, 0.717) is 0 Å². The van der Waals surface area contributed by atoms with Crippen LogP contribution in [-0.2, 0) is 22.6 Å². The van der Waals surface area contributed by atoms with Crippen molar-refractivity contribution in [1.29, 1.82) is 0 Å². The van der Waals surface area contributed by atoms with E-state index in [-0.39, 0.29) is 34.3 Å². The van der Waals surface area contributed by atoms with Gasteiger partial charge in [-0.1, -0.05) is 23.7 Å². The average Bonchev–Trinajstić information content (AvgIpc) is 2.62. The molecule has 2 rings (SSSR count). The van der Waals surface area contributed by atoms with Gasteiger partial charge in [-0.2, -0.15) is 0 Å². The van der Waals surface area contributed by atoms with E-state index >= 15 is 0 Å². The number of alkyl halides is 1. The van der Waals surface area contributed by atoms with Crippen molar-refractivity contribution >= 4 is 51.8 Å². The summed E-state index contributed by atoms with van der Waals surface area (Å²) in [6.45, 7) is -0.238. The minimum absolute atomic E-state index is 0.00313. The monoisotopic (exact) mass is 432 g/mol. The van der Waals surface area contributed by atoms with Crippen LogP contribution in [0.4, 0.5) is 11.4 Å². The van der Waals surface area contributed by atoms with E-state index in [1.165, 1.54) is 6.07 Å². The number of halogens is 2. The van der Waals surface area contributed by atoms with Crippen molar-refractivity contribution in [3.05, 3.63) is 57.1 Å². The van der Waals surface area contributed by atoms with Crippen molar-refractivity contribution in [3.63, 3.8) is 0 Å². The summed E-state index contributed by atoms with van der Waals surface area (Å²) in [4.78, 5) is 22.2. The Labute approximate surface area is 166 Å². The second-order valence-electron chi connectivity index (χ2n) is 5.00. The first kappa shape index (κ1) is 21.1. The normalized spacial score (nSPS) is 11.7. The smallest absolute Gasteiger partial charge is 0.296 e. The quantitative estimate of drug-likeness (QED) is 0.284. The highest BCUT2D eigenvalue weighted by Crippen LogP contribution is 2.37. The fraction of sp³-hybridized carbons (Fsp3) is 0.133. The zero-order valence-corrected chi connectivity index (χ0v) is 15.8. The number of para-hydroxylation sites is 1. The first-order valence-corrected chi connectivity index (χ1v) is 9.22. The maximum atomic E-state index is 11.5. The van der Waals surface area contributed by atoms with Crippen LogP contribution in [0.3, 0.4) is 0 Å². The number of hydrogen-bond acceptors (Lipinski definition) is 6. The van der Waals surface area contributed by atoms with Crippen LogP contribution in [0.5, 0.6) is 11.5 Å². The molecule has 0 aliphatic rings. The molecule has 0 bridgehead atoms. The molecular weight excluding hydrogens is 421 g/mol. The van der Waals surface area contributed by atoms with Gasteiger partial charge < -0.3 is 14.6 Å². The Balaban J connectivity index is 2.52. The molecule has 0 aliphatic heterocycles. The number of rotatable bonds is 8. The predicted octanol–water partition coefficient (Wildman–Crippen LogP) is 3.10. The fourth-order valence-electron chi connectivity index (χ4n) is 2.06. The third-order valence-electron chi connectivity index (χ3n) is 3.21. The summed E-state index contributed by atoms with van der Waals surface area (Å²) in [5.41, 5.74) is -0.372. The van der Waals surface area contributed by atoms with E-state index in [4.69, 9.17) is 27.9 Å². The Bertz CT molecular complexity index is 896. The van der Waals surface area contributed by atoms with Crippen LogP contribution in [0.2, 0.25) is 5.02 Å². The first-order chi connectivity index (χ1) is 12.8. The van der Waals surface area contributed by atoms with Crippen molar-refractivity contribution in [2.75, 3.05) is 11.2 Å². The second-order valence-corrected chi connectivity index (χ2v) is 6.44. The zero-order chi connectivity index (χ0) is 20.0. The van der Waals surface area contributed by atoms with Crippen molar-refractivity contribution in [3.8, 4) is 11.5 Å². The van der Waals surface area contributed by atoms with Gasteiger partial charge in [-0.25, -0.2) is 4.72 Å². The minimum atomic E-state index is -2.58. The molecular formula is C15H12Cl2N3O6S-. The van der Waals surface area contributed by atoms with Crippen molar-refractivity contribution < 1.29 is 23.2 Å². The summed E-state index contributed by atoms with van der Waals surface area (Å²) in [5, 5.41) is 13.9. The summed E-state index contributed by atoms with van der Waals surface area (Å²) in [6, 6.07) is 8.72. The molecule has 144 valence electrons. The topological polar surface area (TPSA) is 134 Å². The summed E-state index contributed by atoms with van der Waals surface area (Å²) in [5.74, 6) is -0.856. The SMILES string of the molecule is O=C(CCl)Nc1cc(CNS(=O)[O-])c(Oc2ccccc2Cl)cc1[N+](=O)[O-]. The molecule has 0 saturated heterocycles. The number of nitro benzene ring substituents is 1. The van der Waals surface area contributed by atoms with Crippen molar-refractivity contribution in [2.24, 2.45) is 0 Å². The lowest BCUT2D eigenvalue weighted by atomic mass is 10.1. The predicted molar refractivity (Wildman–Crippen MR) is 99.7 cm³/mol. The van der Waals surface area contributed by atoms with E-state index in [0.717, 1.165) is 6.07 Å². The van der Waals surface area contributed by atoms with Gasteiger partial charge in [-0.15, -0.1) is 11.6 Å². The Morgan fingerprint density at radius 1 is 1.26 bits per heavy atom. The molecule has 0 radical (unpaired) electrons. The molecule has 1 atom stereocenters. The van der Waals surface area contributed by atoms with Gasteiger partial charge in [-0.05, 0) is 18.2 Å². The van der Waals surface area contributed by atoms with Gasteiger partial charge in [0.05, 0.1) is 16.0 Å². The lowest BCUT2D eigenvalue weighted by Gasteiger charge is -2.15. The second kappa shape index (κ2) is 9.62. The number of benzene rings is 2. The lowest BCUT2D eigenvalue weighted by Crippen LogP contribution is -2.18. The highest BCUT2D eigenvalue weighted by atomic mass is 35.5. The average molecular weight is 433 g/mol. The molecule has 0 aliphatic carbocycles. The number of nitrogens with zero attached hydrogens (tertiary/aromatic N) is 1. The van der Waals surface area contributed by atoms with Crippen LogP contribution >= 0.6 is 23.2 Å². The maximum absolute atomic E-state index is 11.5. The van der Waals surface area contributed by atoms with E-state index in [1.807, 2.05) is 0 Å².